The summed E-state index contributed by atoms with van der Waals surface area (Å²) in [4.78, 5) is 0. The van der Waals surface area contributed by atoms with Gasteiger partial charge in [-0.05, 0) is 31.5 Å². The third-order valence-corrected chi connectivity index (χ3v) is 3.21. The Hall–Kier alpha value is -0.350. The van der Waals surface area contributed by atoms with Gasteiger partial charge in [-0.15, -0.1) is 0 Å². The SMILES string of the molecule is CCCCNC(=S)N[C@@H]1CCCC[C@H]1N. The minimum atomic E-state index is 0.268. The molecule has 1 aliphatic rings. The van der Waals surface area contributed by atoms with Crippen LogP contribution < -0.4 is 16.4 Å². The topological polar surface area (TPSA) is 50.1 Å². The number of rotatable bonds is 4. The third-order valence-electron chi connectivity index (χ3n) is 2.95. The Morgan fingerprint density at radius 1 is 1.40 bits per heavy atom. The Morgan fingerprint density at radius 3 is 2.80 bits per heavy atom. The van der Waals surface area contributed by atoms with Gasteiger partial charge in [0.05, 0.1) is 0 Å². The van der Waals surface area contributed by atoms with Crippen molar-refractivity contribution in [2.24, 2.45) is 5.73 Å². The Kier molecular flexibility index (Phi) is 5.95. The maximum atomic E-state index is 6.03. The van der Waals surface area contributed by atoms with Crippen LogP contribution in [0.25, 0.3) is 0 Å². The van der Waals surface area contributed by atoms with Crippen molar-refractivity contribution in [3.8, 4) is 0 Å². The molecule has 0 bridgehead atoms. The van der Waals surface area contributed by atoms with Crippen LogP contribution in [0.3, 0.4) is 0 Å². The second-order valence-corrected chi connectivity index (χ2v) is 4.72. The normalized spacial score (nSPS) is 26.0. The van der Waals surface area contributed by atoms with Crippen LogP contribution in [0, 0.1) is 0 Å². The van der Waals surface area contributed by atoms with Crippen molar-refractivity contribution >= 4 is 17.3 Å². The number of nitrogens with two attached hydrogens (primary N) is 1. The number of nitrogens with one attached hydrogen (secondary N) is 2. The van der Waals surface area contributed by atoms with Crippen LogP contribution >= 0.6 is 12.2 Å². The van der Waals surface area contributed by atoms with Crippen molar-refractivity contribution in [3.63, 3.8) is 0 Å². The lowest BCUT2D eigenvalue weighted by Gasteiger charge is -2.30. The van der Waals surface area contributed by atoms with E-state index in [9.17, 15) is 0 Å². The molecule has 0 saturated heterocycles. The van der Waals surface area contributed by atoms with Crippen LogP contribution in [0.1, 0.15) is 45.4 Å². The second kappa shape index (κ2) is 7.01. The highest BCUT2D eigenvalue weighted by molar-refractivity contribution is 7.80. The van der Waals surface area contributed by atoms with Crippen LogP contribution in [-0.2, 0) is 0 Å². The number of hydrogen-bond donors (Lipinski definition) is 3. The van der Waals surface area contributed by atoms with E-state index in [2.05, 4.69) is 17.6 Å². The molecule has 3 nitrogen and oxygen atoms in total. The second-order valence-electron chi connectivity index (χ2n) is 4.31. The Labute approximate surface area is 98.2 Å². The first kappa shape index (κ1) is 12.7. The first-order valence-electron chi connectivity index (χ1n) is 6.04. The predicted molar refractivity (Wildman–Crippen MR) is 68.9 cm³/mol. The molecule has 0 radical (unpaired) electrons. The minimum Gasteiger partial charge on any atom is -0.363 e. The monoisotopic (exact) mass is 229 g/mol. The molecule has 0 spiro atoms. The van der Waals surface area contributed by atoms with Gasteiger partial charge in [0.15, 0.2) is 5.11 Å². The van der Waals surface area contributed by atoms with Gasteiger partial charge in [0, 0.05) is 18.6 Å². The Morgan fingerprint density at radius 2 is 2.13 bits per heavy atom. The zero-order valence-electron chi connectivity index (χ0n) is 9.59. The largest absolute Gasteiger partial charge is 0.363 e. The van der Waals surface area contributed by atoms with E-state index in [0.717, 1.165) is 24.5 Å². The minimum absolute atomic E-state index is 0.268. The summed E-state index contributed by atoms with van der Waals surface area (Å²) in [6.45, 7) is 3.14. The van der Waals surface area contributed by atoms with E-state index in [1.807, 2.05) is 0 Å². The molecule has 0 amide bonds. The summed E-state index contributed by atoms with van der Waals surface area (Å²) in [5.41, 5.74) is 6.03. The summed E-state index contributed by atoms with van der Waals surface area (Å²) in [5, 5.41) is 7.31. The highest BCUT2D eigenvalue weighted by Gasteiger charge is 2.21. The van der Waals surface area contributed by atoms with Crippen molar-refractivity contribution < 1.29 is 0 Å². The van der Waals surface area contributed by atoms with Gasteiger partial charge in [0.2, 0.25) is 0 Å². The van der Waals surface area contributed by atoms with Gasteiger partial charge < -0.3 is 16.4 Å². The van der Waals surface area contributed by atoms with Crippen molar-refractivity contribution in [2.75, 3.05) is 6.54 Å². The molecule has 4 heteroatoms. The smallest absolute Gasteiger partial charge is 0.166 e. The van der Waals surface area contributed by atoms with E-state index in [0.29, 0.717) is 6.04 Å². The molecule has 15 heavy (non-hydrogen) atoms. The lowest BCUT2D eigenvalue weighted by molar-refractivity contribution is 0.359. The zero-order valence-corrected chi connectivity index (χ0v) is 10.4. The van der Waals surface area contributed by atoms with Gasteiger partial charge in [0.25, 0.3) is 0 Å². The average molecular weight is 229 g/mol. The Bertz CT molecular complexity index is 196. The fourth-order valence-corrected chi connectivity index (χ4v) is 2.19. The van der Waals surface area contributed by atoms with Gasteiger partial charge in [-0.2, -0.15) is 0 Å². The van der Waals surface area contributed by atoms with Crippen molar-refractivity contribution in [3.05, 3.63) is 0 Å². The van der Waals surface area contributed by atoms with Gasteiger partial charge in [-0.3, -0.25) is 0 Å². The fraction of sp³-hybridized carbons (Fsp3) is 0.909. The molecule has 1 rings (SSSR count). The molecule has 0 aromatic rings. The lowest BCUT2D eigenvalue weighted by atomic mass is 9.91. The van der Waals surface area contributed by atoms with E-state index in [1.54, 1.807) is 0 Å². The van der Waals surface area contributed by atoms with E-state index in [-0.39, 0.29) is 6.04 Å². The molecule has 88 valence electrons. The predicted octanol–water partition coefficient (Wildman–Crippen LogP) is 1.52. The standard InChI is InChI=1S/C11H23N3S/c1-2-3-8-13-11(15)14-10-7-5-4-6-9(10)12/h9-10H,2-8,12H2,1H3,(H2,13,14,15)/t9-,10-/m1/s1. The van der Waals surface area contributed by atoms with Crippen molar-refractivity contribution in [2.45, 2.75) is 57.5 Å². The molecule has 4 N–H and O–H groups in total. The average Bonchev–Trinajstić information content (AvgIpc) is 2.22. The molecule has 0 heterocycles. The van der Waals surface area contributed by atoms with Crippen molar-refractivity contribution in [1.29, 1.82) is 0 Å². The highest BCUT2D eigenvalue weighted by Crippen LogP contribution is 2.16. The summed E-state index contributed by atoms with van der Waals surface area (Å²) >= 11 is 5.22. The molecule has 2 atom stereocenters. The maximum absolute atomic E-state index is 6.03. The molecule has 1 fully saturated rings. The number of thiocarbonyl (C=S) groups is 1. The molecule has 1 aliphatic carbocycles. The van der Waals surface area contributed by atoms with E-state index < -0.39 is 0 Å². The lowest BCUT2D eigenvalue weighted by Crippen LogP contribution is -2.52. The number of unbranched alkanes of at least 4 members (excludes halogenated alkanes) is 1. The molecule has 0 aliphatic heterocycles. The maximum Gasteiger partial charge on any atom is 0.166 e. The molecule has 0 aromatic carbocycles. The molecular formula is C11H23N3S. The first-order valence-corrected chi connectivity index (χ1v) is 6.44. The molecule has 1 saturated carbocycles. The van der Waals surface area contributed by atoms with Crippen LogP contribution in [0.2, 0.25) is 0 Å². The van der Waals surface area contributed by atoms with Crippen LogP contribution in [0.5, 0.6) is 0 Å². The van der Waals surface area contributed by atoms with Gasteiger partial charge >= 0.3 is 0 Å². The summed E-state index contributed by atoms with van der Waals surface area (Å²) in [6.07, 6.45) is 7.15. The summed E-state index contributed by atoms with van der Waals surface area (Å²) in [7, 11) is 0. The third kappa shape index (κ3) is 4.80. The quantitative estimate of drug-likeness (QED) is 0.505. The van der Waals surface area contributed by atoms with E-state index in [4.69, 9.17) is 18.0 Å². The van der Waals surface area contributed by atoms with Gasteiger partial charge in [0.1, 0.15) is 0 Å². The van der Waals surface area contributed by atoms with E-state index >= 15 is 0 Å². The number of hydrogen-bond acceptors (Lipinski definition) is 2. The Balaban J connectivity index is 2.18. The van der Waals surface area contributed by atoms with Crippen LogP contribution in [0.15, 0.2) is 0 Å². The van der Waals surface area contributed by atoms with Gasteiger partial charge in [-0.1, -0.05) is 26.2 Å². The summed E-state index contributed by atoms with van der Waals surface area (Å²) < 4.78 is 0. The molecule has 0 unspecified atom stereocenters. The van der Waals surface area contributed by atoms with Crippen LogP contribution in [0.4, 0.5) is 0 Å². The summed E-state index contributed by atoms with van der Waals surface area (Å²) in [5.74, 6) is 0. The molecule has 0 aromatic heterocycles. The summed E-state index contributed by atoms with van der Waals surface area (Å²) in [6, 6.07) is 0.644. The van der Waals surface area contributed by atoms with E-state index in [1.165, 1.54) is 25.7 Å². The van der Waals surface area contributed by atoms with Crippen LogP contribution in [-0.4, -0.2) is 23.7 Å². The first-order chi connectivity index (χ1) is 7.24. The molecular weight excluding hydrogens is 206 g/mol. The highest BCUT2D eigenvalue weighted by atomic mass is 32.1. The zero-order chi connectivity index (χ0) is 11.1. The van der Waals surface area contributed by atoms with Crippen molar-refractivity contribution in [1.82, 2.24) is 10.6 Å². The van der Waals surface area contributed by atoms with Gasteiger partial charge in [-0.25, -0.2) is 0 Å². The fourth-order valence-electron chi connectivity index (χ4n) is 1.94.